The van der Waals surface area contributed by atoms with Crippen LogP contribution in [-0.4, -0.2) is 14.8 Å². The van der Waals surface area contributed by atoms with Crippen molar-refractivity contribution in [1.82, 2.24) is 14.8 Å². The van der Waals surface area contributed by atoms with Crippen molar-refractivity contribution in [3.05, 3.63) is 83.8 Å². The second kappa shape index (κ2) is 9.52. The number of rotatable bonds is 6. The molecule has 2 aromatic heterocycles. The zero-order valence-corrected chi connectivity index (χ0v) is 19.9. The molecule has 36 heavy (non-hydrogen) atoms. The monoisotopic (exact) mass is 499 g/mol. The van der Waals surface area contributed by atoms with Crippen molar-refractivity contribution in [2.24, 2.45) is 0 Å². The fourth-order valence-electron chi connectivity index (χ4n) is 3.48. The van der Waals surface area contributed by atoms with Gasteiger partial charge >= 0.3 is 6.18 Å². The topological polar surface area (TPSA) is 78.0 Å². The first-order chi connectivity index (χ1) is 16.9. The van der Waals surface area contributed by atoms with Gasteiger partial charge in [0, 0.05) is 11.6 Å². The maximum Gasteiger partial charge on any atom is 0.433 e. The molecule has 0 saturated carbocycles. The minimum absolute atomic E-state index is 0.0439. The van der Waals surface area contributed by atoms with E-state index in [1.165, 1.54) is 24.3 Å². The van der Waals surface area contributed by atoms with E-state index < -0.39 is 17.4 Å². The number of aromatic nitrogens is 3. The average Bonchev–Trinajstić information content (AvgIpc) is 3.23. The lowest BCUT2D eigenvalue weighted by atomic mass is 10.1. The summed E-state index contributed by atoms with van der Waals surface area (Å²) >= 11 is 0. The summed E-state index contributed by atoms with van der Waals surface area (Å²) in [6, 6.07) is 16.6. The van der Waals surface area contributed by atoms with E-state index in [4.69, 9.17) is 10.5 Å². The Morgan fingerprint density at radius 3 is 2.36 bits per heavy atom. The Bertz CT molecular complexity index is 1360. The molecule has 0 bridgehead atoms. The molecule has 0 aliphatic rings. The molecule has 0 aliphatic carbocycles. The van der Waals surface area contributed by atoms with Gasteiger partial charge in [0.05, 0.1) is 16.9 Å². The lowest BCUT2D eigenvalue weighted by Gasteiger charge is -2.22. The fourth-order valence-corrected chi connectivity index (χ4v) is 3.48. The summed E-state index contributed by atoms with van der Waals surface area (Å²) in [6.07, 6.45) is -4.55. The number of halogens is 4. The van der Waals surface area contributed by atoms with Crippen LogP contribution in [0.15, 0.2) is 66.7 Å². The van der Waals surface area contributed by atoms with E-state index in [9.17, 15) is 17.6 Å². The van der Waals surface area contributed by atoms with Crippen LogP contribution in [0.5, 0.6) is 5.75 Å². The first-order valence-corrected chi connectivity index (χ1v) is 11.1. The van der Waals surface area contributed by atoms with Crippen LogP contribution >= 0.6 is 0 Å². The standard InChI is InChI=1S/C26H25F4N5O/c1-25(2,3)35-24(33-23-6-4-5-22(32-23)26(28,29)30)14-20(34-35)17-9-12-19(31)21(13-17)36-15-16-7-10-18(27)11-8-16/h4-14H,15,31H2,1-3H3,(H,32,33). The molecule has 0 fully saturated rings. The highest BCUT2D eigenvalue weighted by Crippen LogP contribution is 2.34. The van der Waals surface area contributed by atoms with E-state index in [1.54, 1.807) is 41.1 Å². The molecule has 0 saturated heterocycles. The number of nitrogens with two attached hydrogens (primary N) is 1. The van der Waals surface area contributed by atoms with Gasteiger partial charge in [-0.3, -0.25) is 0 Å². The summed E-state index contributed by atoms with van der Waals surface area (Å²) in [6.45, 7) is 5.97. The zero-order chi connectivity index (χ0) is 26.1. The predicted molar refractivity (Wildman–Crippen MR) is 130 cm³/mol. The Balaban J connectivity index is 1.64. The van der Waals surface area contributed by atoms with Crippen LogP contribution in [0.1, 0.15) is 32.0 Å². The molecular weight excluding hydrogens is 474 g/mol. The van der Waals surface area contributed by atoms with Gasteiger partial charge in [0.15, 0.2) is 0 Å². The molecule has 4 aromatic rings. The lowest BCUT2D eigenvalue weighted by molar-refractivity contribution is -0.141. The molecule has 10 heteroatoms. The van der Waals surface area contributed by atoms with Crippen LogP contribution in [0.25, 0.3) is 11.3 Å². The number of ether oxygens (including phenoxy) is 1. The molecule has 2 aromatic carbocycles. The van der Waals surface area contributed by atoms with Gasteiger partial charge < -0.3 is 15.8 Å². The SMILES string of the molecule is CC(C)(C)n1nc(-c2ccc(N)c(OCc3ccc(F)cc3)c2)cc1Nc1cccc(C(F)(F)F)n1. The second-order valence-electron chi connectivity index (χ2n) is 9.20. The molecule has 188 valence electrons. The number of anilines is 3. The summed E-state index contributed by atoms with van der Waals surface area (Å²) < 4.78 is 60.0. The van der Waals surface area contributed by atoms with Crippen LogP contribution in [0, 0.1) is 5.82 Å². The summed E-state index contributed by atoms with van der Waals surface area (Å²) in [5, 5.41) is 7.65. The highest BCUT2D eigenvalue weighted by molar-refractivity contribution is 5.70. The number of hydrogen-bond acceptors (Lipinski definition) is 5. The Hall–Kier alpha value is -4.08. The van der Waals surface area contributed by atoms with Crippen LogP contribution in [0.3, 0.4) is 0 Å². The molecule has 0 spiro atoms. The minimum Gasteiger partial charge on any atom is -0.487 e. The zero-order valence-electron chi connectivity index (χ0n) is 19.9. The molecule has 2 heterocycles. The van der Waals surface area contributed by atoms with Gasteiger partial charge in [-0.15, -0.1) is 0 Å². The first-order valence-electron chi connectivity index (χ1n) is 11.1. The molecule has 6 nitrogen and oxygen atoms in total. The molecular formula is C26H25F4N5O. The normalized spacial score (nSPS) is 12.0. The number of hydrogen-bond donors (Lipinski definition) is 2. The quantitative estimate of drug-likeness (QED) is 0.226. The molecule has 0 aliphatic heterocycles. The Labute approximate surface area is 205 Å². The smallest absolute Gasteiger partial charge is 0.433 e. The Kier molecular flexibility index (Phi) is 6.62. The van der Waals surface area contributed by atoms with Crippen molar-refractivity contribution in [3.63, 3.8) is 0 Å². The van der Waals surface area contributed by atoms with Crippen molar-refractivity contribution < 1.29 is 22.3 Å². The van der Waals surface area contributed by atoms with Crippen molar-refractivity contribution in [1.29, 1.82) is 0 Å². The van der Waals surface area contributed by atoms with E-state index in [0.717, 1.165) is 11.6 Å². The fraction of sp³-hybridized carbons (Fsp3) is 0.231. The molecule has 0 amide bonds. The van der Waals surface area contributed by atoms with Gasteiger partial charge in [-0.2, -0.15) is 18.3 Å². The van der Waals surface area contributed by atoms with E-state index in [0.29, 0.717) is 28.5 Å². The molecule has 0 unspecified atom stereocenters. The average molecular weight is 500 g/mol. The number of pyridine rings is 1. The predicted octanol–water partition coefficient (Wildman–Crippen LogP) is 6.76. The summed E-state index contributed by atoms with van der Waals surface area (Å²) in [5.41, 5.74) is 7.06. The highest BCUT2D eigenvalue weighted by Gasteiger charge is 2.32. The van der Waals surface area contributed by atoms with Gasteiger partial charge in [0.25, 0.3) is 0 Å². The summed E-state index contributed by atoms with van der Waals surface area (Å²) in [5.74, 6) is 0.605. The number of nitrogen functional groups attached to an aromatic ring is 1. The molecule has 0 atom stereocenters. The van der Waals surface area contributed by atoms with Gasteiger partial charge in [-0.25, -0.2) is 14.1 Å². The highest BCUT2D eigenvalue weighted by atomic mass is 19.4. The summed E-state index contributed by atoms with van der Waals surface area (Å²) in [7, 11) is 0. The maximum atomic E-state index is 13.2. The van der Waals surface area contributed by atoms with Crippen molar-refractivity contribution >= 4 is 17.3 Å². The third kappa shape index (κ3) is 5.76. The van der Waals surface area contributed by atoms with Crippen LogP contribution < -0.4 is 15.8 Å². The second-order valence-corrected chi connectivity index (χ2v) is 9.20. The minimum atomic E-state index is -4.55. The lowest BCUT2D eigenvalue weighted by Crippen LogP contribution is -2.24. The number of alkyl halides is 3. The Morgan fingerprint density at radius 2 is 1.69 bits per heavy atom. The number of benzene rings is 2. The van der Waals surface area contributed by atoms with Crippen LogP contribution in [0.4, 0.5) is 34.9 Å². The van der Waals surface area contributed by atoms with E-state index in [-0.39, 0.29) is 18.2 Å². The van der Waals surface area contributed by atoms with Gasteiger partial charge in [-0.05, 0) is 62.7 Å². The van der Waals surface area contributed by atoms with E-state index >= 15 is 0 Å². The van der Waals surface area contributed by atoms with Crippen LogP contribution in [0.2, 0.25) is 0 Å². The number of nitrogens with one attached hydrogen (secondary N) is 1. The van der Waals surface area contributed by atoms with Crippen molar-refractivity contribution in [2.45, 2.75) is 39.1 Å². The molecule has 4 rings (SSSR count). The largest absolute Gasteiger partial charge is 0.487 e. The third-order valence-electron chi connectivity index (χ3n) is 5.26. The van der Waals surface area contributed by atoms with Crippen molar-refractivity contribution in [3.8, 4) is 17.0 Å². The number of nitrogens with zero attached hydrogens (tertiary/aromatic N) is 3. The maximum absolute atomic E-state index is 13.2. The first kappa shape index (κ1) is 25.0. The van der Waals surface area contributed by atoms with Gasteiger partial charge in [-0.1, -0.05) is 24.3 Å². The molecule has 3 N–H and O–H groups in total. The van der Waals surface area contributed by atoms with Crippen LogP contribution in [-0.2, 0) is 18.3 Å². The summed E-state index contributed by atoms with van der Waals surface area (Å²) in [4.78, 5) is 3.69. The Morgan fingerprint density at radius 1 is 0.972 bits per heavy atom. The van der Waals surface area contributed by atoms with E-state index in [1.807, 2.05) is 20.8 Å². The van der Waals surface area contributed by atoms with Crippen molar-refractivity contribution in [2.75, 3.05) is 11.1 Å². The van der Waals surface area contributed by atoms with E-state index in [2.05, 4.69) is 15.4 Å². The third-order valence-corrected chi connectivity index (χ3v) is 5.26. The molecule has 0 radical (unpaired) electrons. The van der Waals surface area contributed by atoms with Gasteiger partial charge in [0.2, 0.25) is 0 Å². The van der Waals surface area contributed by atoms with Gasteiger partial charge in [0.1, 0.15) is 35.5 Å².